The Morgan fingerprint density at radius 1 is 1.30 bits per heavy atom. The van der Waals surface area contributed by atoms with Gasteiger partial charge < -0.3 is 5.32 Å². The average Bonchev–Trinajstić information content (AvgIpc) is 2.67. The third-order valence-corrected chi connectivity index (χ3v) is 1.83. The van der Waals surface area contributed by atoms with Gasteiger partial charge in [0.05, 0.1) is 0 Å². The number of rotatable bonds is 0. The van der Waals surface area contributed by atoms with Crippen LogP contribution in [0.2, 0.25) is 0 Å². The summed E-state index contributed by atoms with van der Waals surface area (Å²) in [7, 11) is 0. The molecule has 2 rings (SSSR count). The van der Waals surface area contributed by atoms with Crippen molar-refractivity contribution in [2.24, 2.45) is 0 Å². The molecule has 56 valence electrons. The molecule has 0 aromatic carbocycles. The number of hydrogen-bond donors (Lipinski definition) is 1. The fourth-order valence-corrected chi connectivity index (χ4v) is 1.15. The smallest absolute Gasteiger partial charge is 0.0406 e. The maximum atomic E-state index is 3.76. The topological polar surface area (TPSA) is 24.9 Å². The van der Waals surface area contributed by atoms with E-state index >= 15 is 0 Å². The van der Waals surface area contributed by atoms with Crippen LogP contribution in [-0.2, 0) is 0 Å². The number of nitrogens with one attached hydrogen (secondary N) is 1. The molecule has 1 aromatic rings. The molecular formula is C7H12N2S. The van der Waals surface area contributed by atoms with Crippen LogP contribution < -0.4 is 5.32 Å². The Balaban J connectivity index is 0.0000001000. The van der Waals surface area contributed by atoms with Gasteiger partial charge in [0.25, 0.3) is 0 Å². The second-order valence-electron chi connectivity index (χ2n) is 2.15. The van der Waals surface area contributed by atoms with E-state index in [0.29, 0.717) is 0 Å². The molecular weight excluding hydrogens is 144 g/mol. The zero-order valence-corrected chi connectivity index (χ0v) is 6.73. The summed E-state index contributed by atoms with van der Waals surface area (Å²) in [4.78, 5) is 0. The van der Waals surface area contributed by atoms with E-state index in [-0.39, 0.29) is 0 Å². The zero-order chi connectivity index (χ0) is 7.07. The lowest BCUT2D eigenvalue weighted by Gasteiger charge is -1.76. The second kappa shape index (κ2) is 5.38. The molecule has 1 saturated heterocycles. The van der Waals surface area contributed by atoms with Crippen molar-refractivity contribution >= 4 is 11.5 Å². The summed E-state index contributed by atoms with van der Waals surface area (Å²) in [6, 6.07) is 1.91. The molecule has 0 amide bonds. The molecule has 0 bridgehead atoms. The highest BCUT2D eigenvalue weighted by molar-refractivity contribution is 7.03. The fraction of sp³-hybridized carbons (Fsp3) is 0.571. The van der Waals surface area contributed by atoms with Crippen molar-refractivity contribution in [1.29, 1.82) is 0 Å². The SMILES string of the molecule is C1CCNC1.c1cnsc1. The molecule has 1 N–H and O–H groups in total. The van der Waals surface area contributed by atoms with Crippen molar-refractivity contribution in [3.8, 4) is 0 Å². The summed E-state index contributed by atoms with van der Waals surface area (Å²) in [6.45, 7) is 2.50. The molecule has 0 aliphatic carbocycles. The van der Waals surface area contributed by atoms with Gasteiger partial charge in [-0.15, -0.1) is 0 Å². The molecule has 0 saturated carbocycles. The molecule has 2 heterocycles. The number of aromatic nitrogens is 1. The Bertz CT molecular complexity index is 110. The van der Waals surface area contributed by atoms with Crippen LogP contribution in [0.4, 0.5) is 0 Å². The van der Waals surface area contributed by atoms with Gasteiger partial charge in [0.15, 0.2) is 0 Å². The predicted molar refractivity (Wildman–Crippen MR) is 44.2 cm³/mol. The van der Waals surface area contributed by atoms with E-state index in [1.807, 2.05) is 11.4 Å². The minimum Gasteiger partial charge on any atom is -0.317 e. The van der Waals surface area contributed by atoms with Crippen LogP contribution in [0.3, 0.4) is 0 Å². The Kier molecular flexibility index (Phi) is 4.14. The van der Waals surface area contributed by atoms with Crippen molar-refractivity contribution in [3.05, 3.63) is 17.6 Å². The van der Waals surface area contributed by atoms with Crippen molar-refractivity contribution in [2.45, 2.75) is 12.8 Å². The van der Waals surface area contributed by atoms with Crippen LogP contribution in [0.1, 0.15) is 12.8 Å². The van der Waals surface area contributed by atoms with E-state index in [0.717, 1.165) is 0 Å². The third kappa shape index (κ3) is 3.58. The first-order valence-corrected chi connectivity index (χ1v) is 4.39. The van der Waals surface area contributed by atoms with Crippen LogP contribution in [-0.4, -0.2) is 17.5 Å². The Hall–Kier alpha value is -0.410. The normalized spacial score (nSPS) is 16.0. The summed E-state index contributed by atoms with van der Waals surface area (Å²) in [5, 5.41) is 5.15. The standard InChI is InChI=1S/C4H9N.C3H3NS/c2*1-2-4-5-3-1/h5H,1-4H2;1-3H. The second-order valence-corrected chi connectivity index (χ2v) is 2.84. The summed E-state index contributed by atoms with van der Waals surface area (Å²) in [6.07, 6.45) is 4.55. The molecule has 0 spiro atoms. The van der Waals surface area contributed by atoms with Crippen LogP contribution in [0, 0.1) is 0 Å². The van der Waals surface area contributed by atoms with E-state index in [1.54, 1.807) is 6.20 Å². The first-order chi connectivity index (χ1) is 5.00. The Labute approximate surface area is 65.4 Å². The summed E-state index contributed by atoms with van der Waals surface area (Å²) >= 11 is 1.46. The first kappa shape index (κ1) is 7.69. The van der Waals surface area contributed by atoms with E-state index < -0.39 is 0 Å². The number of nitrogens with zero attached hydrogens (tertiary/aromatic N) is 1. The van der Waals surface area contributed by atoms with Crippen LogP contribution in [0.25, 0.3) is 0 Å². The predicted octanol–water partition coefficient (Wildman–Crippen LogP) is 1.51. The van der Waals surface area contributed by atoms with Crippen molar-refractivity contribution in [3.63, 3.8) is 0 Å². The maximum absolute atomic E-state index is 3.76. The molecule has 1 fully saturated rings. The van der Waals surface area contributed by atoms with Gasteiger partial charge in [-0.1, -0.05) is 0 Å². The third-order valence-electron chi connectivity index (χ3n) is 1.30. The highest BCUT2D eigenvalue weighted by atomic mass is 32.1. The molecule has 0 atom stereocenters. The Morgan fingerprint density at radius 2 is 2.10 bits per heavy atom. The molecule has 3 heteroatoms. The lowest BCUT2D eigenvalue weighted by Crippen LogP contribution is -2.03. The summed E-state index contributed by atoms with van der Waals surface area (Å²) in [5.74, 6) is 0. The van der Waals surface area contributed by atoms with Gasteiger partial charge in [-0.25, -0.2) is 4.37 Å². The van der Waals surface area contributed by atoms with Crippen LogP contribution in [0.15, 0.2) is 17.6 Å². The molecule has 10 heavy (non-hydrogen) atoms. The summed E-state index contributed by atoms with van der Waals surface area (Å²) < 4.78 is 3.76. The summed E-state index contributed by atoms with van der Waals surface area (Å²) in [5.41, 5.74) is 0. The minimum absolute atomic E-state index is 1.25. The quantitative estimate of drug-likeness (QED) is 0.616. The van der Waals surface area contributed by atoms with E-state index in [1.165, 1.54) is 37.5 Å². The average molecular weight is 156 g/mol. The maximum Gasteiger partial charge on any atom is 0.0406 e. The monoisotopic (exact) mass is 156 g/mol. The van der Waals surface area contributed by atoms with Crippen LogP contribution >= 0.6 is 11.5 Å². The number of hydrogen-bond acceptors (Lipinski definition) is 3. The van der Waals surface area contributed by atoms with E-state index in [4.69, 9.17) is 0 Å². The lowest BCUT2D eigenvalue weighted by molar-refractivity contribution is 0.857. The van der Waals surface area contributed by atoms with Gasteiger partial charge in [-0.2, -0.15) is 0 Å². The zero-order valence-electron chi connectivity index (χ0n) is 5.92. The van der Waals surface area contributed by atoms with Crippen molar-refractivity contribution in [1.82, 2.24) is 9.69 Å². The van der Waals surface area contributed by atoms with Gasteiger partial charge >= 0.3 is 0 Å². The Morgan fingerprint density at radius 3 is 2.30 bits per heavy atom. The lowest BCUT2D eigenvalue weighted by atomic mass is 10.4. The van der Waals surface area contributed by atoms with Crippen molar-refractivity contribution in [2.75, 3.05) is 13.1 Å². The minimum atomic E-state index is 1.25. The molecule has 0 radical (unpaired) electrons. The highest BCUT2D eigenvalue weighted by Gasteiger charge is 1.93. The highest BCUT2D eigenvalue weighted by Crippen LogP contribution is 1.90. The molecule has 2 nitrogen and oxygen atoms in total. The van der Waals surface area contributed by atoms with E-state index in [2.05, 4.69) is 9.69 Å². The van der Waals surface area contributed by atoms with Crippen molar-refractivity contribution < 1.29 is 0 Å². The van der Waals surface area contributed by atoms with E-state index in [9.17, 15) is 0 Å². The van der Waals surface area contributed by atoms with Gasteiger partial charge in [0.2, 0.25) is 0 Å². The molecule has 1 aliphatic heterocycles. The molecule has 1 aliphatic rings. The van der Waals surface area contributed by atoms with Gasteiger partial charge in [0, 0.05) is 11.6 Å². The first-order valence-electron chi connectivity index (χ1n) is 3.55. The molecule has 1 aromatic heterocycles. The van der Waals surface area contributed by atoms with Gasteiger partial charge in [-0.05, 0) is 43.5 Å². The van der Waals surface area contributed by atoms with Gasteiger partial charge in [0.1, 0.15) is 0 Å². The molecule has 0 unspecified atom stereocenters. The fourth-order valence-electron chi connectivity index (χ4n) is 0.801. The largest absolute Gasteiger partial charge is 0.317 e. The van der Waals surface area contributed by atoms with Crippen LogP contribution in [0.5, 0.6) is 0 Å². The van der Waals surface area contributed by atoms with Gasteiger partial charge in [-0.3, -0.25) is 0 Å².